The minimum absolute atomic E-state index is 0.0239. The van der Waals surface area contributed by atoms with Gasteiger partial charge in [-0.15, -0.1) is 11.3 Å². The highest BCUT2D eigenvalue weighted by Gasteiger charge is 2.19. The minimum atomic E-state index is 0.0239. The van der Waals surface area contributed by atoms with Gasteiger partial charge in [0.05, 0.1) is 20.8 Å². The van der Waals surface area contributed by atoms with Crippen LogP contribution in [-0.4, -0.2) is 54.5 Å². The molecule has 6 nitrogen and oxygen atoms in total. The second-order valence-electron chi connectivity index (χ2n) is 8.70. The van der Waals surface area contributed by atoms with Gasteiger partial charge in [-0.25, -0.2) is 4.98 Å². The van der Waals surface area contributed by atoms with Gasteiger partial charge < -0.3 is 14.4 Å². The van der Waals surface area contributed by atoms with E-state index in [2.05, 4.69) is 36.9 Å². The third-order valence-electron chi connectivity index (χ3n) is 5.89. The first kappa shape index (κ1) is 28.0. The number of hydrogen-bond acceptors (Lipinski definition) is 6. The van der Waals surface area contributed by atoms with E-state index < -0.39 is 0 Å². The molecule has 0 radical (unpaired) electrons. The van der Waals surface area contributed by atoms with Crippen LogP contribution in [0.4, 0.5) is 0 Å². The van der Waals surface area contributed by atoms with Crippen LogP contribution in [0.25, 0.3) is 0 Å². The molecule has 3 rings (SSSR count). The zero-order valence-corrected chi connectivity index (χ0v) is 23.2. The minimum Gasteiger partial charge on any atom is -0.493 e. The van der Waals surface area contributed by atoms with Crippen LogP contribution >= 0.6 is 22.9 Å². The average Bonchev–Trinajstić information content (AvgIpc) is 3.36. The lowest BCUT2D eigenvalue weighted by Gasteiger charge is -2.22. The van der Waals surface area contributed by atoms with Crippen molar-refractivity contribution in [3.05, 3.63) is 74.7 Å². The summed E-state index contributed by atoms with van der Waals surface area (Å²) in [5.41, 5.74) is 2.89. The lowest BCUT2D eigenvalue weighted by Crippen LogP contribution is -2.32. The van der Waals surface area contributed by atoms with Crippen molar-refractivity contribution in [2.24, 2.45) is 0 Å². The molecule has 0 N–H and O–H groups in total. The van der Waals surface area contributed by atoms with Gasteiger partial charge in [-0.1, -0.05) is 43.6 Å². The van der Waals surface area contributed by atoms with Gasteiger partial charge in [0.15, 0.2) is 11.5 Å². The van der Waals surface area contributed by atoms with Crippen molar-refractivity contribution < 1.29 is 14.3 Å². The van der Waals surface area contributed by atoms with Gasteiger partial charge in [-0.05, 0) is 54.7 Å². The summed E-state index contributed by atoms with van der Waals surface area (Å²) < 4.78 is 10.8. The maximum Gasteiger partial charge on any atom is 0.273 e. The van der Waals surface area contributed by atoms with Gasteiger partial charge in [0.1, 0.15) is 10.7 Å². The Kier molecular flexibility index (Phi) is 11.0. The fourth-order valence-corrected chi connectivity index (χ4v) is 5.01. The van der Waals surface area contributed by atoms with Gasteiger partial charge >= 0.3 is 0 Å². The first-order valence-electron chi connectivity index (χ1n) is 12.4. The lowest BCUT2D eigenvalue weighted by atomic mass is 10.1. The molecule has 0 unspecified atom stereocenters. The topological polar surface area (TPSA) is 54.9 Å². The summed E-state index contributed by atoms with van der Waals surface area (Å²) in [7, 11) is 3.29. The highest BCUT2D eigenvalue weighted by atomic mass is 35.5. The summed E-state index contributed by atoms with van der Waals surface area (Å²) in [6.45, 7) is 7.94. The zero-order chi connectivity index (χ0) is 25.9. The van der Waals surface area contributed by atoms with Crippen LogP contribution in [0.15, 0.2) is 47.8 Å². The van der Waals surface area contributed by atoms with Crippen LogP contribution in [0.1, 0.15) is 53.3 Å². The number of ether oxygens (including phenoxy) is 2. The van der Waals surface area contributed by atoms with E-state index in [1.54, 1.807) is 25.6 Å². The summed E-state index contributed by atoms with van der Waals surface area (Å²) in [4.78, 5) is 22.0. The van der Waals surface area contributed by atoms with Crippen LogP contribution in [0.2, 0.25) is 5.02 Å². The number of nitrogens with zero attached hydrogens (tertiary/aromatic N) is 3. The highest BCUT2D eigenvalue weighted by molar-refractivity contribution is 7.09. The Morgan fingerprint density at radius 1 is 0.917 bits per heavy atom. The Balaban J connectivity index is 1.74. The molecule has 0 aliphatic heterocycles. The second kappa shape index (κ2) is 14.2. The highest BCUT2D eigenvalue weighted by Crippen LogP contribution is 2.28. The van der Waals surface area contributed by atoms with Crippen molar-refractivity contribution >= 4 is 28.8 Å². The van der Waals surface area contributed by atoms with Crippen LogP contribution in [0.5, 0.6) is 11.5 Å². The Morgan fingerprint density at radius 2 is 1.58 bits per heavy atom. The molecule has 8 heteroatoms. The van der Waals surface area contributed by atoms with E-state index in [0.29, 0.717) is 12.2 Å². The van der Waals surface area contributed by atoms with Gasteiger partial charge in [-0.2, -0.15) is 0 Å². The Bertz CT molecular complexity index is 1100. The molecule has 0 saturated carbocycles. The number of hydrogen-bond donors (Lipinski definition) is 0. The van der Waals surface area contributed by atoms with Crippen molar-refractivity contribution in [2.45, 2.75) is 46.2 Å². The van der Waals surface area contributed by atoms with E-state index in [-0.39, 0.29) is 5.91 Å². The Hall–Kier alpha value is -2.61. The third kappa shape index (κ3) is 7.95. The molecule has 1 aromatic heterocycles. The molecule has 3 aromatic rings. The van der Waals surface area contributed by atoms with E-state index in [4.69, 9.17) is 26.1 Å². The molecule has 0 spiro atoms. The average molecular weight is 530 g/mol. The molecule has 1 heterocycles. The largest absolute Gasteiger partial charge is 0.493 e. The fourth-order valence-electron chi connectivity index (χ4n) is 4.08. The second-order valence-corrected chi connectivity index (χ2v) is 10.1. The number of aromatic nitrogens is 1. The molecule has 0 aliphatic carbocycles. The lowest BCUT2D eigenvalue weighted by molar-refractivity contribution is 0.0750. The molecule has 194 valence electrons. The van der Waals surface area contributed by atoms with Crippen LogP contribution in [-0.2, 0) is 19.5 Å². The molecule has 0 bridgehead atoms. The first-order valence-corrected chi connectivity index (χ1v) is 13.6. The van der Waals surface area contributed by atoms with Gasteiger partial charge in [-0.3, -0.25) is 9.69 Å². The fraction of sp³-hybridized carbons (Fsp3) is 0.429. The van der Waals surface area contributed by atoms with Crippen LogP contribution in [0, 0.1) is 0 Å². The van der Waals surface area contributed by atoms with Crippen molar-refractivity contribution in [1.29, 1.82) is 0 Å². The smallest absolute Gasteiger partial charge is 0.273 e. The van der Waals surface area contributed by atoms with E-state index in [9.17, 15) is 4.79 Å². The first-order chi connectivity index (χ1) is 17.5. The van der Waals surface area contributed by atoms with E-state index in [1.807, 2.05) is 34.5 Å². The summed E-state index contributed by atoms with van der Waals surface area (Å²) in [6, 6.07) is 14.0. The quantitative estimate of drug-likeness (QED) is 0.244. The van der Waals surface area contributed by atoms with E-state index in [1.165, 1.54) is 11.1 Å². The van der Waals surface area contributed by atoms with E-state index >= 15 is 0 Å². The van der Waals surface area contributed by atoms with Gasteiger partial charge in [0, 0.05) is 36.6 Å². The molecule has 0 atom stereocenters. The predicted molar refractivity (Wildman–Crippen MR) is 147 cm³/mol. The Morgan fingerprint density at radius 3 is 2.22 bits per heavy atom. The number of benzene rings is 2. The zero-order valence-electron chi connectivity index (χ0n) is 21.6. The number of halogens is 1. The van der Waals surface area contributed by atoms with Gasteiger partial charge in [0.2, 0.25) is 0 Å². The molecule has 0 aliphatic rings. The van der Waals surface area contributed by atoms with Crippen LogP contribution < -0.4 is 9.47 Å². The number of amides is 1. The molecule has 1 amide bonds. The van der Waals surface area contributed by atoms with Crippen molar-refractivity contribution in [2.75, 3.05) is 33.9 Å². The monoisotopic (exact) mass is 529 g/mol. The number of methoxy groups -OCH3 is 2. The Labute approximate surface area is 223 Å². The maximum absolute atomic E-state index is 13.0. The summed E-state index contributed by atoms with van der Waals surface area (Å²) in [6.07, 6.45) is 2.72. The summed E-state index contributed by atoms with van der Waals surface area (Å²) in [5, 5.41) is 3.56. The van der Waals surface area contributed by atoms with Gasteiger partial charge in [0.25, 0.3) is 5.91 Å². The standard InChI is InChI=1S/C28H36ClN3O3S/c1-5-14-32(15-6-2)28(33)24-20-36-27(30-24)19-31(18-22-7-10-23(29)11-8-22)16-13-21-9-12-25(34-3)26(17-21)35-4/h7-12,17,20H,5-6,13-16,18-19H2,1-4H3. The van der Waals surface area contributed by atoms with Crippen molar-refractivity contribution in [3.8, 4) is 11.5 Å². The SMILES string of the molecule is CCCN(CCC)C(=O)c1csc(CN(CCc2ccc(OC)c(OC)c2)Cc2ccc(Cl)cc2)n1. The van der Waals surface area contributed by atoms with E-state index in [0.717, 1.165) is 67.0 Å². The molecule has 0 fully saturated rings. The normalized spacial score (nSPS) is 11.1. The molecule has 2 aromatic carbocycles. The third-order valence-corrected chi connectivity index (χ3v) is 6.97. The van der Waals surface area contributed by atoms with Crippen molar-refractivity contribution in [3.63, 3.8) is 0 Å². The number of carbonyl (C=O) groups is 1. The van der Waals surface area contributed by atoms with Crippen LogP contribution in [0.3, 0.4) is 0 Å². The predicted octanol–water partition coefficient (Wildman–Crippen LogP) is 6.32. The number of rotatable bonds is 14. The maximum atomic E-state index is 13.0. The molecule has 0 saturated heterocycles. The molecular weight excluding hydrogens is 494 g/mol. The molecule has 36 heavy (non-hydrogen) atoms. The number of thiazole rings is 1. The number of carbonyl (C=O) groups excluding carboxylic acids is 1. The van der Waals surface area contributed by atoms with Crippen molar-refractivity contribution in [1.82, 2.24) is 14.8 Å². The molecular formula is C28H36ClN3O3S. The summed E-state index contributed by atoms with van der Waals surface area (Å²) >= 11 is 7.64. The summed E-state index contributed by atoms with van der Waals surface area (Å²) in [5.74, 6) is 1.47.